The molecule has 2 aliphatic rings. The number of amidine groups is 1. The number of nitrogens with one attached hydrogen (secondary N) is 3. The van der Waals surface area contributed by atoms with E-state index in [9.17, 15) is 13.6 Å². The van der Waals surface area contributed by atoms with E-state index in [1.807, 2.05) is 12.1 Å². The fourth-order valence-corrected chi connectivity index (χ4v) is 5.04. The third-order valence-electron chi connectivity index (χ3n) is 7.33. The average Bonchev–Trinajstić information content (AvgIpc) is 2.94. The first kappa shape index (κ1) is 28.4. The Morgan fingerprint density at radius 2 is 1.80 bits per heavy atom. The van der Waals surface area contributed by atoms with Crippen LogP contribution in [0.15, 0.2) is 42.6 Å². The zero-order valence-corrected chi connectivity index (χ0v) is 22.9. The maximum absolute atomic E-state index is 13.6. The maximum Gasteiger partial charge on any atom is 0.258 e. The van der Waals surface area contributed by atoms with Crippen LogP contribution in [-0.2, 0) is 11.2 Å². The van der Waals surface area contributed by atoms with Crippen LogP contribution in [0.1, 0.15) is 40.2 Å². The standard InChI is InChI=1S/C29H34F2N8O2/c1-38-6-8-39(9-7-38)23-2-3-24(25(16-23)35-21-4-10-41-11-5-21)29(40)37-28(33)26-27(32)34-17-22(36-26)14-18-12-19(30)15-20(31)13-18/h2-3,12-13,15-17,21,35H,4-11,14H2,1H3,(H2,32,34)(H2,33,37,40). The van der Waals surface area contributed by atoms with Crippen LogP contribution < -0.4 is 21.3 Å². The number of nitrogen functional groups attached to an aromatic ring is 1. The summed E-state index contributed by atoms with van der Waals surface area (Å²) in [5, 5.41) is 14.7. The van der Waals surface area contributed by atoms with Crippen molar-refractivity contribution >= 4 is 28.9 Å². The molecule has 2 aromatic carbocycles. The van der Waals surface area contributed by atoms with Gasteiger partial charge >= 0.3 is 0 Å². The van der Waals surface area contributed by atoms with Crippen molar-refractivity contribution in [2.45, 2.75) is 25.3 Å². The Bertz CT molecular complexity index is 1400. The van der Waals surface area contributed by atoms with Crippen LogP contribution in [0.4, 0.5) is 26.0 Å². The molecule has 0 atom stereocenters. The van der Waals surface area contributed by atoms with E-state index >= 15 is 0 Å². The zero-order chi connectivity index (χ0) is 28.9. The summed E-state index contributed by atoms with van der Waals surface area (Å²) in [5.41, 5.74) is 8.75. The van der Waals surface area contributed by atoms with Gasteiger partial charge in [-0.15, -0.1) is 0 Å². The molecule has 12 heteroatoms. The van der Waals surface area contributed by atoms with E-state index in [0.29, 0.717) is 35.7 Å². The Morgan fingerprint density at radius 1 is 1.10 bits per heavy atom. The smallest absolute Gasteiger partial charge is 0.258 e. The molecule has 216 valence electrons. The summed E-state index contributed by atoms with van der Waals surface area (Å²) in [6.45, 7) is 4.99. The summed E-state index contributed by atoms with van der Waals surface area (Å²) >= 11 is 0. The van der Waals surface area contributed by atoms with Crippen molar-refractivity contribution in [2.24, 2.45) is 0 Å². The number of anilines is 3. The average molecular weight is 565 g/mol. The molecule has 0 aliphatic carbocycles. The zero-order valence-electron chi connectivity index (χ0n) is 22.9. The molecule has 0 bridgehead atoms. The van der Waals surface area contributed by atoms with Crippen LogP contribution >= 0.6 is 0 Å². The van der Waals surface area contributed by atoms with Gasteiger partial charge in [0.2, 0.25) is 0 Å². The molecule has 0 spiro atoms. The SMILES string of the molecule is CN1CCN(c2ccc(C(=O)NC(=N)c3nc(Cc4cc(F)cc(F)c4)cnc3N)c(NC3CCOCC3)c2)CC1. The largest absolute Gasteiger partial charge is 0.382 e. The van der Waals surface area contributed by atoms with Gasteiger partial charge in [0.05, 0.1) is 17.5 Å². The number of halogens is 2. The first-order chi connectivity index (χ1) is 19.7. The third-order valence-corrected chi connectivity index (χ3v) is 7.33. The number of hydrogen-bond donors (Lipinski definition) is 4. The van der Waals surface area contributed by atoms with Crippen LogP contribution in [0.5, 0.6) is 0 Å². The molecule has 2 saturated heterocycles. The van der Waals surface area contributed by atoms with Gasteiger partial charge in [-0.1, -0.05) is 0 Å². The van der Waals surface area contributed by atoms with Crippen molar-refractivity contribution in [1.82, 2.24) is 20.2 Å². The van der Waals surface area contributed by atoms with Crippen molar-refractivity contribution in [3.05, 3.63) is 76.7 Å². The molecule has 5 rings (SSSR count). The summed E-state index contributed by atoms with van der Waals surface area (Å²) in [6, 6.07) is 9.03. The summed E-state index contributed by atoms with van der Waals surface area (Å²) in [7, 11) is 2.10. The maximum atomic E-state index is 13.6. The van der Waals surface area contributed by atoms with E-state index in [1.54, 1.807) is 6.07 Å². The summed E-state index contributed by atoms with van der Waals surface area (Å²) in [6.07, 6.45) is 3.10. The fraction of sp³-hybridized carbons (Fsp3) is 0.379. The molecular formula is C29H34F2N8O2. The van der Waals surface area contributed by atoms with Gasteiger partial charge in [0.1, 0.15) is 17.3 Å². The second kappa shape index (κ2) is 12.6. The number of carbonyl (C=O) groups is 1. The van der Waals surface area contributed by atoms with Crippen LogP contribution in [0.2, 0.25) is 0 Å². The van der Waals surface area contributed by atoms with E-state index in [1.165, 1.54) is 18.3 Å². The monoisotopic (exact) mass is 564 g/mol. The van der Waals surface area contributed by atoms with E-state index in [4.69, 9.17) is 15.9 Å². The number of likely N-dealkylation sites (N-methyl/N-ethyl adjacent to an activating group) is 1. The minimum Gasteiger partial charge on any atom is -0.382 e. The lowest BCUT2D eigenvalue weighted by Gasteiger charge is -2.34. The van der Waals surface area contributed by atoms with Crippen molar-refractivity contribution in [2.75, 3.05) is 62.4 Å². The van der Waals surface area contributed by atoms with Crippen molar-refractivity contribution in [3.8, 4) is 0 Å². The number of ether oxygens (including phenoxy) is 1. The van der Waals surface area contributed by atoms with Crippen molar-refractivity contribution < 1.29 is 18.3 Å². The number of amides is 1. The van der Waals surface area contributed by atoms with E-state index < -0.39 is 17.5 Å². The van der Waals surface area contributed by atoms with Gasteiger partial charge in [0.25, 0.3) is 5.91 Å². The molecule has 0 saturated carbocycles. The molecule has 1 amide bonds. The summed E-state index contributed by atoms with van der Waals surface area (Å²) in [5.74, 6) is -2.27. The van der Waals surface area contributed by atoms with E-state index in [-0.39, 0.29) is 29.8 Å². The first-order valence-corrected chi connectivity index (χ1v) is 13.6. The highest BCUT2D eigenvalue weighted by Gasteiger charge is 2.22. The molecule has 2 fully saturated rings. The quantitative estimate of drug-likeness (QED) is 0.254. The number of nitrogens with zero attached hydrogens (tertiary/aromatic N) is 4. The van der Waals surface area contributed by atoms with Crippen molar-refractivity contribution in [3.63, 3.8) is 0 Å². The number of piperazine rings is 1. The molecule has 2 aliphatic heterocycles. The molecule has 41 heavy (non-hydrogen) atoms. The molecule has 1 aromatic heterocycles. The summed E-state index contributed by atoms with van der Waals surface area (Å²) in [4.78, 5) is 26.5. The lowest BCUT2D eigenvalue weighted by atomic mass is 10.1. The number of benzene rings is 2. The van der Waals surface area contributed by atoms with Gasteiger partial charge in [-0.05, 0) is 55.8 Å². The van der Waals surface area contributed by atoms with E-state index in [2.05, 4.69) is 37.4 Å². The van der Waals surface area contributed by atoms with Crippen molar-refractivity contribution in [1.29, 1.82) is 5.41 Å². The lowest BCUT2D eigenvalue weighted by molar-refractivity contribution is 0.0904. The second-order valence-electron chi connectivity index (χ2n) is 10.4. The first-order valence-electron chi connectivity index (χ1n) is 13.6. The Morgan fingerprint density at radius 3 is 2.51 bits per heavy atom. The molecule has 5 N–H and O–H groups in total. The third kappa shape index (κ3) is 7.14. The van der Waals surface area contributed by atoms with Gasteiger partial charge in [0.15, 0.2) is 11.7 Å². The van der Waals surface area contributed by atoms with Crippen LogP contribution in [-0.4, -0.2) is 79.1 Å². The molecule has 0 unspecified atom stereocenters. The van der Waals surface area contributed by atoms with Gasteiger partial charge < -0.3 is 30.9 Å². The van der Waals surface area contributed by atoms with Crippen LogP contribution in [0.25, 0.3) is 0 Å². The van der Waals surface area contributed by atoms with Gasteiger partial charge in [-0.3, -0.25) is 10.2 Å². The highest BCUT2D eigenvalue weighted by molar-refractivity contribution is 6.14. The van der Waals surface area contributed by atoms with E-state index in [0.717, 1.165) is 50.8 Å². The lowest BCUT2D eigenvalue weighted by Crippen LogP contribution is -2.44. The Balaban J connectivity index is 1.35. The number of nitrogens with two attached hydrogens (primary N) is 1. The molecule has 0 radical (unpaired) electrons. The highest BCUT2D eigenvalue weighted by atomic mass is 19.1. The molecule has 10 nitrogen and oxygen atoms in total. The van der Waals surface area contributed by atoms with Gasteiger partial charge in [-0.2, -0.15) is 0 Å². The molecule has 3 heterocycles. The Kier molecular flexibility index (Phi) is 8.70. The second-order valence-corrected chi connectivity index (χ2v) is 10.4. The predicted molar refractivity (Wildman–Crippen MR) is 154 cm³/mol. The van der Waals surface area contributed by atoms with Gasteiger partial charge in [-0.25, -0.2) is 18.7 Å². The minimum atomic E-state index is -0.701. The van der Waals surface area contributed by atoms with Crippen LogP contribution in [0, 0.1) is 17.0 Å². The number of hydrogen-bond acceptors (Lipinski definition) is 9. The minimum absolute atomic E-state index is 0.0271. The topological polar surface area (TPSA) is 132 Å². The Hall–Kier alpha value is -4.16. The predicted octanol–water partition coefficient (Wildman–Crippen LogP) is 3.03. The number of carbonyl (C=O) groups excluding carboxylic acids is 1. The highest BCUT2D eigenvalue weighted by Crippen LogP contribution is 2.27. The number of rotatable bonds is 7. The van der Waals surface area contributed by atoms with Gasteiger partial charge in [0, 0.05) is 69.3 Å². The van der Waals surface area contributed by atoms with Crippen LogP contribution in [0.3, 0.4) is 0 Å². The normalized spacial score (nSPS) is 16.4. The Labute approximate surface area is 237 Å². The molecule has 3 aromatic rings. The molecular weight excluding hydrogens is 530 g/mol. The fourth-order valence-electron chi connectivity index (χ4n) is 5.04. The number of aromatic nitrogens is 2. The summed E-state index contributed by atoms with van der Waals surface area (Å²) < 4.78 is 32.8.